The second kappa shape index (κ2) is 14.0. The molecule has 4 aromatic rings. The van der Waals surface area contributed by atoms with Gasteiger partial charge < -0.3 is 28.4 Å². The number of hydrogen-bond acceptors (Lipinski definition) is 10. The molecule has 6 rings (SSSR count). The zero-order valence-corrected chi connectivity index (χ0v) is 30.1. The molecule has 238 valence electrons. The van der Waals surface area contributed by atoms with Crippen LogP contribution in [0.15, 0.2) is 70.1 Å². The standard InChI is InChI=1S/C33H28I2N2O8S/c1-4-41-24-9-7-20(14-27(24)42-5-2)29-21(32(39)40-3)15-36-33-37(29)31(38)28(46-33)13-19-10-22(34)30(23(35)11-19)43-16-18-6-8-25-26(12-18)45-17-44-25/h6-15,29H,4-5,16-17H2,1-3H3/b28-13-/t29-/m0/s1. The minimum Gasteiger partial charge on any atom is -0.490 e. The summed E-state index contributed by atoms with van der Waals surface area (Å²) in [7, 11) is 1.31. The minimum absolute atomic E-state index is 0.221. The van der Waals surface area contributed by atoms with Crippen LogP contribution in [-0.2, 0) is 16.1 Å². The molecular formula is C33H28I2N2O8S. The van der Waals surface area contributed by atoms with Crippen LogP contribution >= 0.6 is 56.5 Å². The molecule has 0 N–H and O–H groups in total. The fourth-order valence-electron chi connectivity index (χ4n) is 5.13. The molecule has 1 atom stereocenters. The number of carbonyl (C=O) groups is 1. The molecule has 0 spiro atoms. The van der Waals surface area contributed by atoms with Gasteiger partial charge in [0.25, 0.3) is 5.56 Å². The van der Waals surface area contributed by atoms with Crippen LogP contribution in [-0.4, -0.2) is 37.7 Å². The number of nitrogens with zero attached hydrogens (tertiary/aromatic N) is 2. The molecule has 0 saturated heterocycles. The first-order valence-electron chi connectivity index (χ1n) is 14.3. The quantitative estimate of drug-likeness (QED) is 0.156. The van der Waals surface area contributed by atoms with E-state index in [9.17, 15) is 9.59 Å². The Balaban J connectivity index is 1.34. The fourth-order valence-corrected chi connectivity index (χ4v) is 8.22. The van der Waals surface area contributed by atoms with Gasteiger partial charge in [-0.1, -0.05) is 23.5 Å². The maximum absolute atomic E-state index is 14.0. The van der Waals surface area contributed by atoms with Crippen LogP contribution in [0.25, 0.3) is 6.08 Å². The van der Waals surface area contributed by atoms with Gasteiger partial charge in [-0.2, -0.15) is 0 Å². The summed E-state index contributed by atoms with van der Waals surface area (Å²) in [6.45, 7) is 5.24. The molecule has 0 aliphatic carbocycles. The SMILES string of the molecule is CCOc1ccc([C@H]2C(C(=O)OC)=CN=c3s/c(=C\c4cc(I)c(OCc5ccc6c(c5)OCO6)c(I)c4)c(=O)n32)cc1OCC. The third-order valence-corrected chi connectivity index (χ3v) is 9.75. The van der Waals surface area contributed by atoms with Crippen molar-refractivity contribution in [1.82, 2.24) is 4.57 Å². The Bertz CT molecular complexity index is 2010. The van der Waals surface area contributed by atoms with Crippen molar-refractivity contribution in [3.8, 4) is 28.7 Å². The van der Waals surface area contributed by atoms with E-state index in [1.807, 2.05) is 56.3 Å². The van der Waals surface area contributed by atoms with Crippen molar-refractivity contribution < 1.29 is 33.2 Å². The lowest BCUT2D eigenvalue weighted by Gasteiger charge is -2.23. The number of carbonyl (C=O) groups excluding carboxylic acids is 1. The predicted molar refractivity (Wildman–Crippen MR) is 189 cm³/mol. The number of thiazole rings is 1. The molecule has 0 amide bonds. The third-order valence-electron chi connectivity index (χ3n) is 7.15. The van der Waals surface area contributed by atoms with Gasteiger partial charge in [-0.3, -0.25) is 9.36 Å². The number of benzene rings is 3. The Morgan fingerprint density at radius 3 is 2.48 bits per heavy atom. The van der Waals surface area contributed by atoms with Gasteiger partial charge in [0.15, 0.2) is 27.8 Å². The van der Waals surface area contributed by atoms with E-state index in [1.165, 1.54) is 29.2 Å². The Hall–Kier alpha value is -3.57. The maximum atomic E-state index is 14.0. The first-order valence-corrected chi connectivity index (χ1v) is 17.3. The molecule has 2 aliphatic heterocycles. The Morgan fingerprint density at radius 1 is 1.00 bits per heavy atom. The van der Waals surface area contributed by atoms with Gasteiger partial charge in [-0.05, 0) is 118 Å². The van der Waals surface area contributed by atoms with Crippen LogP contribution in [0.4, 0.5) is 0 Å². The molecule has 0 saturated carbocycles. The summed E-state index contributed by atoms with van der Waals surface area (Å²) in [4.78, 5) is 31.9. The molecule has 13 heteroatoms. The molecule has 0 radical (unpaired) electrons. The zero-order chi connectivity index (χ0) is 32.4. The Morgan fingerprint density at radius 2 is 1.74 bits per heavy atom. The average Bonchev–Trinajstić information content (AvgIpc) is 3.64. The molecule has 1 aromatic heterocycles. The maximum Gasteiger partial charge on any atom is 0.337 e. The summed E-state index contributed by atoms with van der Waals surface area (Å²) in [6, 6.07) is 14.3. The van der Waals surface area contributed by atoms with Crippen LogP contribution in [0.1, 0.15) is 36.6 Å². The molecule has 0 unspecified atom stereocenters. The van der Waals surface area contributed by atoms with E-state index in [0.717, 1.165) is 29.8 Å². The van der Waals surface area contributed by atoms with E-state index < -0.39 is 12.0 Å². The highest BCUT2D eigenvalue weighted by atomic mass is 127. The summed E-state index contributed by atoms with van der Waals surface area (Å²) >= 11 is 5.73. The highest BCUT2D eigenvalue weighted by Gasteiger charge is 2.31. The van der Waals surface area contributed by atoms with Gasteiger partial charge >= 0.3 is 5.97 Å². The molecule has 10 nitrogen and oxygen atoms in total. The summed E-state index contributed by atoms with van der Waals surface area (Å²) in [6.07, 6.45) is 3.30. The van der Waals surface area contributed by atoms with E-state index in [-0.39, 0.29) is 17.9 Å². The van der Waals surface area contributed by atoms with E-state index >= 15 is 0 Å². The molecule has 3 aromatic carbocycles. The highest BCUT2D eigenvalue weighted by Crippen LogP contribution is 2.36. The van der Waals surface area contributed by atoms with Crippen molar-refractivity contribution in [1.29, 1.82) is 0 Å². The Labute approximate surface area is 295 Å². The number of aromatic nitrogens is 1. The van der Waals surface area contributed by atoms with Gasteiger partial charge in [0.2, 0.25) is 6.79 Å². The van der Waals surface area contributed by atoms with Crippen LogP contribution in [0, 0.1) is 7.14 Å². The number of methoxy groups -OCH3 is 1. The van der Waals surface area contributed by atoms with E-state index in [4.69, 9.17) is 28.4 Å². The monoisotopic (exact) mass is 866 g/mol. The van der Waals surface area contributed by atoms with Crippen molar-refractivity contribution in [2.45, 2.75) is 26.5 Å². The first-order chi connectivity index (χ1) is 22.3. The molecule has 3 heterocycles. The molecule has 0 fully saturated rings. The van der Waals surface area contributed by atoms with Gasteiger partial charge in [-0.25, -0.2) is 9.79 Å². The number of fused-ring (bicyclic) bond motifs is 2. The van der Waals surface area contributed by atoms with Crippen molar-refractivity contribution in [2.75, 3.05) is 27.1 Å². The van der Waals surface area contributed by atoms with Crippen molar-refractivity contribution in [3.63, 3.8) is 0 Å². The van der Waals surface area contributed by atoms with Crippen LogP contribution in [0.5, 0.6) is 28.7 Å². The molecule has 0 bridgehead atoms. The van der Waals surface area contributed by atoms with Crippen molar-refractivity contribution >= 4 is 68.6 Å². The Kier molecular flexibility index (Phi) is 9.89. The predicted octanol–water partition coefficient (Wildman–Crippen LogP) is 5.33. The number of rotatable bonds is 10. The lowest BCUT2D eigenvalue weighted by atomic mass is 9.97. The minimum atomic E-state index is -0.770. The summed E-state index contributed by atoms with van der Waals surface area (Å²) in [5.41, 5.74) is 2.42. The van der Waals surface area contributed by atoms with E-state index in [0.29, 0.717) is 52.0 Å². The van der Waals surface area contributed by atoms with Gasteiger partial charge in [0.05, 0.1) is 43.6 Å². The van der Waals surface area contributed by atoms with Crippen LogP contribution in [0.2, 0.25) is 0 Å². The average molecular weight is 866 g/mol. The summed E-state index contributed by atoms with van der Waals surface area (Å²) in [5.74, 6) is 2.72. The lowest BCUT2D eigenvalue weighted by Crippen LogP contribution is -2.39. The van der Waals surface area contributed by atoms with Crippen LogP contribution < -0.4 is 38.6 Å². The van der Waals surface area contributed by atoms with Gasteiger partial charge in [-0.15, -0.1) is 0 Å². The topological polar surface area (TPSA) is 107 Å². The summed E-state index contributed by atoms with van der Waals surface area (Å²) in [5, 5.41) is 0. The van der Waals surface area contributed by atoms with E-state index in [1.54, 1.807) is 12.1 Å². The first kappa shape index (κ1) is 32.4. The van der Waals surface area contributed by atoms with Crippen molar-refractivity contribution in [2.24, 2.45) is 4.99 Å². The highest BCUT2D eigenvalue weighted by molar-refractivity contribution is 14.1. The third kappa shape index (κ3) is 6.49. The van der Waals surface area contributed by atoms with E-state index in [2.05, 4.69) is 50.2 Å². The van der Waals surface area contributed by atoms with Gasteiger partial charge in [0, 0.05) is 6.20 Å². The normalized spacial score (nSPS) is 15.1. The fraction of sp³-hybridized carbons (Fsp3) is 0.242. The van der Waals surface area contributed by atoms with Crippen molar-refractivity contribution in [3.05, 3.63) is 104 Å². The summed E-state index contributed by atoms with van der Waals surface area (Å²) < 4.78 is 37.5. The molecular weight excluding hydrogens is 838 g/mol. The van der Waals surface area contributed by atoms with Gasteiger partial charge in [0.1, 0.15) is 12.4 Å². The molecule has 2 aliphatic rings. The lowest BCUT2D eigenvalue weighted by molar-refractivity contribution is -0.136. The molecule has 46 heavy (non-hydrogen) atoms. The number of esters is 1. The number of halogens is 2. The second-order valence-electron chi connectivity index (χ2n) is 10.0. The zero-order valence-electron chi connectivity index (χ0n) is 25.0. The number of ether oxygens (including phenoxy) is 6. The van der Waals surface area contributed by atoms with Crippen LogP contribution in [0.3, 0.4) is 0 Å². The second-order valence-corrected chi connectivity index (χ2v) is 13.4. The number of hydrogen-bond donors (Lipinski definition) is 0. The largest absolute Gasteiger partial charge is 0.490 e. The smallest absolute Gasteiger partial charge is 0.337 e.